The Morgan fingerprint density at radius 3 is 2.19 bits per heavy atom. The molecule has 2 aromatic carbocycles. The third-order valence-corrected chi connectivity index (χ3v) is 5.56. The van der Waals surface area contributed by atoms with Crippen LogP contribution in [0.5, 0.6) is 0 Å². The Morgan fingerprint density at radius 2 is 1.59 bits per heavy atom. The molecule has 0 bridgehead atoms. The molecule has 146 valence electrons. The molecule has 4 nitrogen and oxygen atoms in total. The lowest BCUT2D eigenvalue weighted by Gasteiger charge is -2.39. The molecule has 2 fully saturated rings. The molecule has 0 radical (unpaired) electrons. The summed E-state index contributed by atoms with van der Waals surface area (Å²) in [4.78, 5) is 2.36. The second kappa shape index (κ2) is 9.18. The SMILES string of the molecule is Cl.OCCN1CCCCC1C1COC(c2ccccc2)(c2ccccc2)O1. The molecule has 2 saturated heterocycles. The fourth-order valence-corrected chi connectivity index (χ4v) is 4.30. The molecule has 27 heavy (non-hydrogen) atoms. The van der Waals surface area contributed by atoms with Gasteiger partial charge in [-0.1, -0.05) is 67.1 Å². The number of aliphatic hydroxyl groups is 1. The number of nitrogens with zero attached hydrogens (tertiary/aromatic N) is 1. The number of β-amino-alcohol motifs (C(OH)–C–C–N with tert-alkyl or cyclic N) is 1. The average molecular weight is 390 g/mol. The van der Waals surface area contributed by atoms with Crippen LogP contribution in [0.25, 0.3) is 0 Å². The Morgan fingerprint density at radius 1 is 0.963 bits per heavy atom. The first-order chi connectivity index (χ1) is 12.8. The van der Waals surface area contributed by atoms with Crippen LogP contribution < -0.4 is 0 Å². The highest BCUT2D eigenvalue weighted by atomic mass is 35.5. The fraction of sp³-hybridized carbons (Fsp3) is 0.455. The van der Waals surface area contributed by atoms with Crippen molar-refractivity contribution in [2.24, 2.45) is 0 Å². The summed E-state index contributed by atoms with van der Waals surface area (Å²) in [5.41, 5.74) is 2.05. The quantitative estimate of drug-likeness (QED) is 0.848. The van der Waals surface area contributed by atoms with Crippen molar-refractivity contribution in [2.45, 2.75) is 37.2 Å². The molecule has 1 N–H and O–H groups in total. The molecule has 0 aromatic heterocycles. The first-order valence-corrected chi connectivity index (χ1v) is 9.61. The standard InChI is InChI=1S/C22H27NO3.ClH/c24-16-15-23-14-8-7-13-20(23)21-17-25-22(26-21,18-9-3-1-4-10-18)19-11-5-2-6-12-19;/h1-6,9-12,20-21,24H,7-8,13-17H2;1H. The van der Waals surface area contributed by atoms with Crippen LogP contribution in [0.2, 0.25) is 0 Å². The van der Waals surface area contributed by atoms with Gasteiger partial charge in [0.2, 0.25) is 5.79 Å². The van der Waals surface area contributed by atoms with Crippen molar-refractivity contribution < 1.29 is 14.6 Å². The van der Waals surface area contributed by atoms with E-state index in [1.807, 2.05) is 36.4 Å². The van der Waals surface area contributed by atoms with Crippen molar-refractivity contribution in [3.05, 3.63) is 71.8 Å². The summed E-state index contributed by atoms with van der Waals surface area (Å²) < 4.78 is 13.1. The van der Waals surface area contributed by atoms with Crippen molar-refractivity contribution in [3.8, 4) is 0 Å². The van der Waals surface area contributed by atoms with Crippen LogP contribution in [-0.2, 0) is 15.3 Å². The monoisotopic (exact) mass is 389 g/mol. The molecule has 0 spiro atoms. The number of hydrogen-bond acceptors (Lipinski definition) is 4. The zero-order valence-electron chi connectivity index (χ0n) is 15.5. The summed E-state index contributed by atoms with van der Waals surface area (Å²) in [7, 11) is 0. The van der Waals surface area contributed by atoms with Gasteiger partial charge < -0.3 is 14.6 Å². The number of benzene rings is 2. The fourth-order valence-electron chi connectivity index (χ4n) is 4.30. The number of likely N-dealkylation sites (tertiary alicyclic amines) is 1. The minimum absolute atomic E-state index is 0. The number of ether oxygens (including phenoxy) is 2. The Balaban J connectivity index is 0.00000210. The van der Waals surface area contributed by atoms with E-state index in [-0.39, 0.29) is 25.1 Å². The summed E-state index contributed by atoms with van der Waals surface area (Å²) in [5, 5.41) is 9.42. The summed E-state index contributed by atoms with van der Waals surface area (Å²) in [6.07, 6.45) is 3.48. The number of halogens is 1. The highest BCUT2D eigenvalue weighted by Gasteiger charge is 2.48. The highest BCUT2D eigenvalue weighted by Crippen LogP contribution is 2.42. The molecule has 0 amide bonds. The van der Waals surface area contributed by atoms with Gasteiger partial charge in [-0.2, -0.15) is 0 Å². The van der Waals surface area contributed by atoms with Crippen molar-refractivity contribution in [1.82, 2.24) is 4.90 Å². The maximum absolute atomic E-state index is 9.42. The van der Waals surface area contributed by atoms with E-state index in [9.17, 15) is 5.11 Å². The maximum Gasteiger partial charge on any atom is 0.222 e. The second-order valence-electron chi connectivity index (χ2n) is 7.14. The molecule has 2 unspecified atom stereocenters. The lowest BCUT2D eigenvalue weighted by molar-refractivity contribution is -0.152. The molecule has 2 atom stereocenters. The molecular weight excluding hydrogens is 362 g/mol. The Bertz CT molecular complexity index is 656. The second-order valence-corrected chi connectivity index (χ2v) is 7.14. The zero-order chi connectivity index (χ0) is 17.8. The predicted octanol–water partition coefficient (Wildman–Crippen LogP) is 3.57. The van der Waals surface area contributed by atoms with E-state index in [0.29, 0.717) is 19.2 Å². The van der Waals surface area contributed by atoms with E-state index >= 15 is 0 Å². The molecule has 0 aliphatic carbocycles. The van der Waals surface area contributed by atoms with Crippen LogP contribution in [0, 0.1) is 0 Å². The van der Waals surface area contributed by atoms with Gasteiger partial charge in [0.25, 0.3) is 0 Å². The van der Waals surface area contributed by atoms with Gasteiger partial charge in [0.1, 0.15) is 6.10 Å². The zero-order valence-corrected chi connectivity index (χ0v) is 16.3. The van der Waals surface area contributed by atoms with Crippen molar-refractivity contribution in [3.63, 3.8) is 0 Å². The highest BCUT2D eigenvalue weighted by molar-refractivity contribution is 5.85. The molecule has 2 aromatic rings. The van der Waals surface area contributed by atoms with Crippen LogP contribution in [0.1, 0.15) is 30.4 Å². The maximum atomic E-state index is 9.42. The average Bonchev–Trinajstić information content (AvgIpc) is 3.17. The minimum atomic E-state index is -0.852. The van der Waals surface area contributed by atoms with E-state index in [4.69, 9.17) is 9.47 Å². The normalized spacial score (nSPS) is 25.1. The van der Waals surface area contributed by atoms with Gasteiger partial charge in [0, 0.05) is 23.7 Å². The Kier molecular flexibility index (Phi) is 6.90. The molecule has 2 aliphatic rings. The van der Waals surface area contributed by atoms with Gasteiger partial charge in [-0.15, -0.1) is 12.4 Å². The van der Waals surface area contributed by atoms with Gasteiger partial charge in [-0.05, 0) is 19.4 Å². The van der Waals surface area contributed by atoms with E-state index in [1.54, 1.807) is 0 Å². The van der Waals surface area contributed by atoms with E-state index in [0.717, 1.165) is 24.1 Å². The van der Waals surface area contributed by atoms with Crippen LogP contribution in [0.4, 0.5) is 0 Å². The topological polar surface area (TPSA) is 41.9 Å². The number of piperidine rings is 1. The van der Waals surface area contributed by atoms with Gasteiger partial charge in [0.05, 0.1) is 13.2 Å². The largest absolute Gasteiger partial charge is 0.395 e. The van der Waals surface area contributed by atoms with E-state index < -0.39 is 5.79 Å². The summed E-state index contributed by atoms with van der Waals surface area (Å²) in [6, 6.07) is 20.7. The van der Waals surface area contributed by atoms with Gasteiger partial charge in [-0.3, -0.25) is 4.90 Å². The van der Waals surface area contributed by atoms with Crippen LogP contribution >= 0.6 is 12.4 Å². The lowest BCUT2D eigenvalue weighted by atomic mass is 9.96. The first kappa shape index (κ1) is 20.3. The smallest absolute Gasteiger partial charge is 0.222 e. The van der Waals surface area contributed by atoms with Gasteiger partial charge in [0.15, 0.2) is 0 Å². The van der Waals surface area contributed by atoms with Crippen molar-refractivity contribution in [1.29, 1.82) is 0 Å². The van der Waals surface area contributed by atoms with E-state index in [1.165, 1.54) is 12.8 Å². The molecule has 2 aliphatic heterocycles. The number of aliphatic hydroxyl groups excluding tert-OH is 1. The van der Waals surface area contributed by atoms with Crippen LogP contribution in [-0.4, -0.2) is 48.5 Å². The Hall–Kier alpha value is -1.43. The Labute approximate surface area is 167 Å². The minimum Gasteiger partial charge on any atom is -0.395 e. The third kappa shape index (κ3) is 4.05. The summed E-state index contributed by atoms with van der Waals surface area (Å²) >= 11 is 0. The molecule has 5 heteroatoms. The van der Waals surface area contributed by atoms with E-state index in [2.05, 4.69) is 29.2 Å². The van der Waals surface area contributed by atoms with Gasteiger partial charge in [-0.25, -0.2) is 0 Å². The van der Waals surface area contributed by atoms with Crippen LogP contribution in [0.3, 0.4) is 0 Å². The molecule has 4 rings (SSSR count). The number of rotatable bonds is 5. The first-order valence-electron chi connectivity index (χ1n) is 9.61. The third-order valence-electron chi connectivity index (χ3n) is 5.56. The van der Waals surface area contributed by atoms with Crippen molar-refractivity contribution >= 4 is 12.4 Å². The van der Waals surface area contributed by atoms with Crippen LogP contribution in [0.15, 0.2) is 60.7 Å². The molecule has 2 heterocycles. The summed E-state index contributed by atoms with van der Waals surface area (Å²) in [5.74, 6) is -0.852. The lowest BCUT2D eigenvalue weighted by Crippen LogP contribution is -2.49. The predicted molar refractivity (Wildman–Crippen MR) is 108 cm³/mol. The van der Waals surface area contributed by atoms with Gasteiger partial charge >= 0.3 is 0 Å². The molecule has 0 saturated carbocycles. The molecular formula is C22H28ClNO3. The number of hydrogen-bond donors (Lipinski definition) is 1. The summed E-state index contributed by atoms with van der Waals surface area (Å²) in [6.45, 7) is 2.48. The van der Waals surface area contributed by atoms with Crippen molar-refractivity contribution in [2.75, 3.05) is 26.3 Å².